The lowest BCUT2D eigenvalue weighted by molar-refractivity contribution is -0.131. The van der Waals surface area contributed by atoms with Crippen LogP contribution < -0.4 is 5.32 Å². The lowest BCUT2D eigenvalue weighted by Crippen LogP contribution is -2.25. The van der Waals surface area contributed by atoms with E-state index in [0.29, 0.717) is 0 Å². The Morgan fingerprint density at radius 3 is 2.59 bits per heavy atom. The summed E-state index contributed by atoms with van der Waals surface area (Å²) in [6.45, 7) is 1.83. The minimum Gasteiger partial charge on any atom is -0.478 e. The number of carboxylic acids is 1. The van der Waals surface area contributed by atoms with Crippen molar-refractivity contribution in [1.82, 2.24) is 5.32 Å². The summed E-state index contributed by atoms with van der Waals surface area (Å²) in [4.78, 5) is 21.6. The van der Waals surface area contributed by atoms with Crippen LogP contribution >= 0.6 is 15.9 Å². The highest BCUT2D eigenvalue weighted by atomic mass is 79.9. The largest absolute Gasteiger partial charge is 0.478 e. The molecule has 0 spiro atoms. The van der Waals surface area contributed by atoms with Crippen molar-refractivity contribution in [1.29, 1.82) is 0 Å². The molecule has 0 aliphatic rings. The van der Waals surface area contributed by atoms with Gasteiger partial charge in [-0.15, -0.1) is 0 Å². The molecule has 0 fully saturated rings. The highest BCUT2D eigenvalue weighted by Gasteiger charge is 2.10. The molecule has 1 atom stereocenters. The van der Waals surface area contributed by atoms with Gasteiger partial charge in [-0.2, -0.15) is 0 Å². The van der Waals surface area contributed by atoms with Gasteiger partial charge in [0.25, 0.3) is 0 Å². The first kappa shape index (κ1) is 13.4. The molecular formula is C12H12BrNO3. The molecule has 0 saturated carbocycles. The lowest BCUT2D eigenvalue weighted by atomic mass is 10.1. The van der Waals surface area contributed by atoms with Gasteiger partial charge in [0.2, 0.25) is 5.91 Å². The number of hydrogen-bond acceptors (Lipinski definition) is 2. The Kier molecular flexibility index (Phi) is 4.90. The third-order valence-electron chi connectivity index (χ3n) is 2.11. The molecule has 1 rings (SSSR count). The molecule has 0 unspecified atom stereocenters. The fourth-order valence-corrected chi connectivity index (χ4v) is 1.94. The number of nitrogens with one attached hydrogen (secondary N) is 1. The Morgan fingerprint density at radius 1 is 1.35 bits per heavy atom. The van der Waals surface area contributed by atoms with Crippen LogP contribution in [-0.4, -0.2) is 17.0 Å². The molecule has 0 aromatic heterocycles. The van der Waals surface area contributed by atoms with E-state index >= 15 is 0 Å². The van der Waals surface area contributed by atoms with Crippen molar-refractivity contribution in [2.45, 2.75) is 13.0 Å². The van der Waals surface area contributed by atoms with Crippen molar-refractivity contribution in [2.75, 3.05) is 0 Å². The Hall–Kier alpha value is -1.62. The summed E-state index contributed by atoms with van der Waals surface area (Å²) in [6.07, 6.45) is 1.80. The second-order valence-electron chi connectivity index (χ2n) is 3.42. The van der Waals surface area contributed by atoms with Crippen LogP contribution in [0.4, 0.5) is 0 Å². The molecule has 0 heterocycles. The van der Waals surface area contributed by atoms with E-state index in [2.05, 4.69) is 21.2 Å². The smallest absolute Gasteiger partial charge is 0.328 e. The number of benzene rings is 1. The first-order chi connectivity index (χ1) is 8.00. The molecule has 2 N–H and O–H groups in total. The predicted molar refractivity (Wildman–Crippen MR) is 67.5 cm³/mol. The highest BCUT2D eigenvalue weighted by Crippen LogP contribution is 2.22. The topological polar surface area (TPSA) is 66.4 Å². The van der Waals surface area contributed by atoms with Crippen molar-refractivity contribution >= 4 is 27.8 Å². The Labute approximate surface area is 107 Å². The first-order valence-electron chi connectivity index (χ1n) is 4.96. The van der Waals surface area contributed by atoms with Crippen molar-refractivity contribution < 1.29 is 14.7 Å². The molecule has 0 bridgehead atoms. The van der Waals surface area contributed by atoms with E-state index < -0.39 is 11.9 Å². The third kappa shape index (κ3) is 4.40. The molecule has 1 amide bonds. The highest BCUT2D eigenvalue weighted by molar-refractivity contribution is 9.10. The molecule has 0 aliphatic carbocycles. The summed E-state index contributed by atoms with van der Waals surface area (Å²) < 4.78 is 0.898. The van der Waals surface area contributed by atoms with E-state index in [1.165, 1.54) is 0 Å². The van der Waals surface area contributed by atoms with Crippen molar-refractivity contribution in [3.8, 4) is 0 Å². The molecular weight excluding hydrogens is 286 g/mol. The van der Waals surface area contributed by atoms with Crippen molar-refractivity contribution in [2.24, 2.45) is 0 Å². The summed E-state index contributed by atoms with van der Waals surface area (Å²) in [5.74, 6) is -1.58. The number of carbonyl (C=O) groups is 2. The zero-order valence-electron chi connectivity index (χ0n) is 9.18. The summed E-state index contributed by atoms with van der Waals surface area (Å²) >= 11 is 3.39. The number of rotatable bonds is 4. The van der Waals surface area contributed by atoms with E-state index in [-0.39, 0.29) is 6.04 Å². The molecule has 4 nitrogen and oxygen atoms in total. The van der Waals surface area contributed by atoms with E-state index in [1.54, 1.807) is 0 Å². The monoisotopic (exact) mass is 297 g/mol. The average molecular weight is 298 g/mol. The molecule has 17 heavy (non-hydrogen) atoms. The molecule has 1 aromatic rings. The number of amides is 1. The Balaban J connectivity index is 2.67. The van der Waals surface area contributed by atoms with Gasteiger partial charge in [-0.05, 0) is 18.6 Å². The van der Waals surface area contributed by atoms with Gasteiger partial charge >= 0.3 is 5.97 Å². The number of carboxylic acid groups (broad SMARTS) is 1. The maximum atomic E-state index is 11.4. The van der Waals surface area contributed by atoms with Gasteiger partial charge in [0.15, 0.2) is 0 Å². The van der Waals surface area contributed by atoms with Crippen LogP contribution in [0.15, 0.2) is 40.9 Å². The van der Waals surface area contributed by atoms with Crippen molar-refractivity contribution in [3.63, 3.8) is 0 Å². The molecule has 90 valence electrons. The molecule has 0 radical (unpaired) electrons. The third-order valence-corrected chi connectivity index (χ3v) is 2.83. The second-order valence-corrected chi connectivity index (χ2v) is 4.28. The molecule has 1 aromatic carbocycles. The maximum Gasteiger partial charge on any atom is 0.328 e. The minimum atomic E-state index is -1.14. The van der Waals surface area contributed by atoms with Gasteiger partial charge in [0.05, 0.1) is 6.04 Å². The van der Waals surface area contributed by atoms with Crippen LogP contribution in [0.3, 0.4) is 0 Å². The fourth-order valence-electron chi connectivity index (χ4n) is 1.31. The quantitative estimate of drug-likeness (QED) is 0.838. The van der Waals surface area contributed by atoms with Crippen molar-refractivity contribution in [3.05, 3.63) is 46.5 Å². The summed E-state index contributed by atoms with van der Waals surface area (Å²) in [5, 5.41) is 11.1. The van der Waals surface area contributed by atoms with E-state index in [4.69, 9.17) is 5.11 Å². The lowest BCUT2D eigenvalue weighted by Gasteiger charge is -2.14. The normalized spacial score (nSPS) is 12.4. The molecule has 5 heteroatoms. The number of hydrogen-bond donors (Lipinski definition) is 2. The minimum absolute atomic E-state index is 0.198. The SMILES string of the molecule is C[C@@H](NC(=O)/C=C/C(=O)O)c1ccccc1Br. The van der Waals surface area contributed by atoms with Gasteiger partial charge in [0.1, 0.15) is 0 Å². The Morgan fingerprint density at radius 2 is 2.00 bits per heavy atom. The zero-order valence-corrected chi connectivity index (χ0v) is 10.8. The second kappa shape index (κ2) is 6.20. The van der Waals surface area contributed by atoms with E-state index in [9.17, 15) is 9.59 Å². The number of carbonyl (C=O) groups excluding carboxylic acids is 1. The van der Waals surface area contributed by atoms with Crippen LogP contribution in [0, 0.1) is 0 Å². The van der Waals surface area contributed by atoms with Gasteiger partial charge < -0.3 is 10.4 Å². The van der Waals surface area contributed by atoms with E-state index in [0.717, 1.165) is 22.2 Å². The average Bonchev–Trinajstić information content (AvgIpc) is 2.26. The van der Waals surface area contributed by atoms with Gasteiger partial charge in [-0.3, -0.25) is 4.79 Å². The summed E-state index contributed by atoms with van der Waals surface area (Å²) in [5.41, 5.74) is 0.935. The molecule has 0 saturated heterocycles. The maximum absolute atomic E-state index is 11.4. The number of halogens is 1. The van der Waals surface area contributed by atoms with Gasteiger partial charge in [-0.1, -0.05) is 34.1 Å². The van der Waals surface area contributed by atoms with Gasteiger partial charge in [0, 0.05) is 16.6 Å². The number of aliphatic carboxylic acids is 1. The Bertz CT molecular complexity index is 457. The van der Waals surface area contributed by atoms with Crippen LogP contribution in [0.25, 0.3) is 0 Å². The van der Waals surface area contributed by atoms with Crippen LogP contribution in [-0.2, 0) is 9.59 Å². The van der Waals surface area contributed by atoms with Gasteiger partial charge in [-0.25, -0.2) is 4.79 Å². The zero-order chi connectivity index (χ0) is 12.8. The van der Waals surface area contributed by atoms with Crippen LogP contribution in [0.1, 0.15) is 18.5 Å². The summed E-state index contributed by atoms with van der Waals surface area (Å²) in [6, 6.07) is 7.32. The van der Waals surface area contributed by atoms with Crippen LogP contribution in [0.2, 0.25) is 0 Å². The predicted octanol–water partition coefficient (Wildman–Crippen LogP) is 2.27. The first-order valence-corrected chi connectivity index (χ1v) is 5.76. The summed E-state index contributed by atoms with van der Waals surface area (Å²) in [7, 11) is 0. The fraction of sp³-hybridized carbons (Fsp3) is 0.167. The van der Waals surface area contributed by atoms with Crippen LogP contribution in [0.5, 0.6) is 0 Å². The standard InChI is InChI=1S/C12H12BrNO3/c1-8(9-4-2-3-5-10(9)13)14-11(15)6-7-12(16)17/h2-8H,1H3,(H,14,15)(H,16,17)/b7-6+/t8-/m1/s1. The molecule has 0 aliphatic heterocycles. The van der Waals surface area contributed by atoms with E-state index in [1.807, 2.05) is 31.2 Å².